The van der Waals surface area contributed by atoms with Crippen molar-refractivity contribution in [1.82, 2.24) is 0 Å². The van der Waals surface area contributed by atoms with Crippen LogP contribution in [-0.4, -0.2) is 12.1 Å². The van der Waals surface area contributed by atoms with Gasteiger partial charge in [-0.1, -0.05) is 61.9 Å². The fraction of sp³-hybridized carbons (Fsp3) is 0.522. The smallest absolute Gasteiger partial charge is 0.310 e. The maximum Gasteiger partial charge on any atom is 0.310 e. The van der Waals surface area contributed by atoms with Gasteiger partial charge in [0.2, 0.25) is 0 Å². The van der Waals surface area contributed by atoms with E-state index in [9.17, 15) is 4.79 Å². The van der Waals surface area contributed by atoms with Crippen LogP contribution in [0.4, 0.5) is 0 Å². The van der Waals surface area contributed by atoms with Crippen LogP contribution in [-0.2, 0) is 9.53 Å². The average molecular weight is 336 g/mol. The van der Waals surface area contributed by atoms with Crippen LogP contribution in [0.25, 0.3) is 6.08 Å². The molecule has 0 amide bonds. The standard InChI is InChI=1S/C23H28O2/c1-14(2)18-13-19-15(3)11-20(18)22-21(19)12-17(25-23(22)24)10-9-16-7-5-4-6-8-16/h4-11,14,17-22H,12-13H2,1-3H3/t17-,18+,19-,20-,21+,22-/m1/s1. The van der Waals surface area contributed by atoms with Gasteiger partial charge < -0.3 is 4.74 Å². The number of rotatable bonds is 3. The molecule has 2 fully saturated rings. The number of hydrogen-bond donors (Lipinski definition) is 0. The molecule has 2 bridgehead atoms. The van der Waals surface area contributed by atoms with E-state index in [1.165, 1.54) is 12.0 Å². The molecule has 1 saturated heterocycles. The molecule has 25 heavy (non-hydrogen) atoms. The molecular weight excluding hydrogens is 308 g/mol. The SMILES string of the molecule is CC1=C[C@H]2[C@H]3C(=O)O[C@H](C=Cc4ccccc4)C[C@H]3[C@@H]1C[C@H]2C(C)C. The van der Waals surface area contributed by atoms with E-state index in [1.54, 1.807) is 0 Å². The molecule has 6 atom stereocenters. The van der Waals surface area contributed by atoms with Crippen LogP contribution < -0.4 is 0 Å². The number of carbonyl (C=O) groups is 1. The zero-order valence-electron chi connectivity index (χ0n) is 15.4. The van der Waals surface area contributed by atoms with Gasteiger partial charge in [0, 0.05) is 0 Å². The Morgan fingerprint density at radius 1 is 1.16 bits per heavy atom. The van der Waals surface area contributed by atoms with Crippen molar-refractivity contribution in [3.8, 4) is 0 Å². The molecule has 132 valence electrons. The predicted octanol–water partition coefficient (Wildman–Crippen LogP) is 5.12. The van der Waals surface area contributed by atoms with Crippen LogP contribution in [0.15, 0.2) is 48.1 Å². The van der Waals surface area contributed by atoms with E-state index in [4.69, 9.17) is 4.74 Å². The average Bonchev–Trinajstić information content (AvgIpc) is 2.60. The van der Waals surface area contributed by atoms with Gasteiger partial charge in [-0.15, -0.1) is 0 Å². The van der Waals surface area contributed by atoms with E-state index in [0.29, 0.717) is 29.6 Å². The molecule has 1 aromatic rings. The Morgan fingerprint density at radius 3 is 2.64 bits per heavy atom. The predicted molar refractivity (Wildman–Crippen MR) is 101 cm³/mol. The minimum Gasteiger partial charge on any atom is -0.458 e. The quantitative estimate of drug-likeness (QED) is 0.566. The van der Waals surface area contributed by atoms with Gasteiger partial charge in [-0.3, -0.25) is 4.79 Å². The lowest BCUT2D eigenvalue weighted by Crippen LogP contribution is -2.53. The molecule has 0 N–H and O–H groups in total. The fourth-order valence-electron chi connectivity index (χ4n) is 5.41. The second-order valence-electron chi connectivity index (χ2n) is 8.41. The Hall–Kier alpha value is -1.83. The highest BCUT2D eigenvalue weighted by Gasteiger charge is 2.54. The van der Waals surface area contributed by atoms with Crippen LogP contribution >= 0.6 is 0 Å². The Kier molecular flexibility index (Phi) is 4.31. The summed E-state index contributed by atoms with van der Waals surface area (Å²) in [4.78, 5) is 12.8. The third-order valence-corrected chi connectivity index (χ3v) is 6.66. The lowest BCUT2D eigenvalue weighted by molar-refractivity contribution is -0.172. The number of hydrogen-bond acceptors (Lipinski definition) is 2. The van der Waals surface area contributed by atoms with Crippen LogP contribution in [0.2, 0.25) is 0 Å². The number of carbonyl (C=O) groups excluding carboxylic acids is 1. The van der Waals surface area contributed by atoms with Gasteiger partial charge in [0.15, 0.2) is 0 Å². The summed E-state index contributed by atoms with van der Waals surface area (Å²) in [6.45, 7) is 6.85. The van der Waals surface area contributed by atoms with E-state index in [1.807, 2.05) is 18.2 Å². The van der Waals surface area contributed by atoms with E-state index >= 15 is 0 Å². The summed E-state index contributed by atoms with van der Waals surface area (Å²) in [5.41, 5.74) is 2.66. The number of fused-ring (bicyclic) bond motifs is 1. The molecule has 5 rings (SSSR count). The van der Waals surface area contributed by atoms with Crippen molar-refractivity contribution in [3.05, 3.63) is 53.6 Å². The lowest BCUT2D eigenvalue weighted by Gasteiger charge is -2.54. The Balaban J connectivity index is 1.55. The second kappa shape index (κ2) is 6.48. The number of ether oxygens (including phenoxy) is 1. The minimum absolute atomic E-state index is 0.0306. The Bertz CT molecular complexity index is 700. The first kappa shape index (κ1) is 16.6. The summed E-state index contributed by atoms with van der Waals surface area (Å²) in [6, 6.07) is 10.2. The van der Waals surface area contributed by atoms with Crippen molar-refractivity contribution in [1.29, 1.82) is 0 Å². The molecule has 0 unspecified atom stereocenters. The molecule has 1 aromatic carbocycles. The highest BCUT2D eigenvalue weighted by atomic mass is 16.5. The van der Waals surface area contributed by atoms with Gasteiger partial charge in [-0.2, -0.15) is 0 Å². The zero-order chi connectivity index (χ0) is 17.6. The lowest BCUT2D eigenvalue weighted by atomic mass is 9.52. The summed E-state index contributed by atoms with van der Waals surface area (Å²) in [5, 5.41) is 0. The van der Waals surface area contributed by atoms with Crippen molar-refractivity contribution in [2.45, 2.75) is 39.7 Å². The first-order valence-corrected chi connectivity index (χ1v) is 9.66. The summed E-state index contributed by atoms with van der Waals surface area (Å²) in [6.07, 6.45) is 8.68. The topological polar surface area (TPSA) is 26.3 Å². The number of allylic oxidation sites excluding steroid dienone is 2. The van der Waals surface area contributed by atoms with Crippen LogP contribution in [0.1, 0.15) is 39.2 Å². The van der Waals surface area contributed by atoms with E-state index in [2.05, 4.69) is 51.1 Å². The number of benzene rings is 1. The molecule has 1 aliphatic heterocycles. The maximum atomic E-state index is 12.8. The van der Waals surface area contributed by atoms with Crippen LogP contribution in [0.5, 0.6) is 0 Å². The minimum atomic E-state index is -0.0846. The van der Waals surface area contributed by atoms with Crippen molar-refractivity contribution in [2.75, 3.05) is 0 Å². The third kappa shape index (κ3) is 2.96. The fourth-order valence-corrected chi connectivity index (χ4v) is 5.41. The largest absolute Gasteiger partial charge is 0.458 e. The highest BCUT2D eigenvalue weighted by molar-refractivity contribution is 5.76. The molecule has 0 spiro atoms. The van der Waals surface area contributed by atoms with Gasteiger partial charge in [0.25, 0.3) is 0 Å². The Morgan fingerprint density at radius 2 is 1.92 bits per heavy atom. The van der Waals surface area contributed by atoms with E-state index in [0.717, 1.165) is 12.0 Å². The van der Waals surface area contributed by atoms with Crippen LogP contribution in [0.3, 0.4) is 0 Å². The Labute approximate surface area is 151 Å². The van der Waals surface area contributed by atoms with Gasteiger partial charge in [0.05, 0.1) is 5.92 Å². The van der Waals surface area contributed by atoms with Crippen molar-refractivity contribution < 1.29 is 9.53 Å². The highest BCUT2D eigenvalue weighted by Crippen LogP contribution is 2.56. The molecule has 2 heteroatoms. The summed E-state index contributed by atoms with van der Waals surface area (Å²) >= 11 is 0. The molecule has 0 radical (unpaired) electrons. The summed E-state index contributed by atoms with van der Waals surface area (Å²) < 4.78 is 5.84. The summed E-state index contributed by atoms with van der Waals surface area (Å²) in [5.74, 6) is 2.75. The van der Waals surface area contributed by atoms with E-state index in [-0.39, 0.29) is 18.0 Å². The molecular formula is C23H28O2. The van der Waals surface area contributed by atoms with Crippen LogP contribution in [0, 0.1) is 35.5 Å². The molecule has 3 aliphatic carbocycles. The van der Waals surface area contributed by atoms with E-state index < -0.39 is 0 Å². The van der Waals surface area contributed by atoms with Crippen molar-refractivity contribution >= 4 is 12.0 Å². The molecule has 2 nitrogen and oxygen atoms in total. The first-order valence-electron chi connectivity index (χ1n) is 9.66. The van der Waals surface area contributed by atoms with Crippen molar-refractivity contribution in [2.24, 2.45) is 35.5 Å². The number of esters is 1. The molecule has 1 saturated carbocycles. The van der Waals surface area contributed by atoms with Gasteiger partial charge >= 0.3 is 5.97 Å². The third-order valence-electron chi connectivity index (χ3n) is 6.66. The molecule has 1 heterocycles. The zero-order valence-corrected chi connectivity index (χ0v) is 15.4. The normalized spacial score (nSPS) is 37.1. The van der Waals surface area contributed by atoms with Gasteiger partial charge in [-0.25, -0.2) is 0 Å². The van der Waals surface area contributed by atoms with Gasteiger partial charge in [-0.05, 0) is 61.0 Å². The molecule has 4 aliphatic rings. The first-order chi connectivity index (χ1) is 12.0. The number of cyclic esters (lactones) is 1. The van der Waals surface area contributed by atoms with Crippen molar-refractivity contribution in [3.63, 3.8) is 0 Å². The van der Waals surface area contributed by atoms with Gasteiger partial charge in [0.1, 0.15) is 6.10 Å². The monoisotopic (exact) mass is 336 g/mol. The molecule has 0 aromatic heterocycles. The second-order valence-corrected chi connectivity index (χ2v) is 8.41. The maximum absolute atomic E-state index is 12.8. The summed E-state index contributed by atoms with van der Waals surface area (Å²) in [7, 11) is 0.